The molecule has 0 spiro atoms. The minimum absolute atomic E-state index is 0.114. The number of pyridine rings is 2. The zero-order valence-electron chi connectivity index (χ0n) is 21.7. The lowest BCUT2D eigenvalue weighted by molar-refractivity contribution is -0.483. The number of nitrogens with two attached hydrogens (primary N) is 1. The topological polar surface area (TPSA) is 120 Å². The largest absolute Gasteiger partial charge is 0.461 e. The number of nitrogens with zero attached hydrogens (tertiary/aromatic N) is 4. The molecular formula is C30H33N6O2+. The van der Waals surface area contributed by atoms with Crippen molar-refractivity contribution in [3.63, 3.8) is 0 Å². The van der Waals surface area contributed by atoms with E-state index in [4.69, 9.17) is 20.1 Å². The standard InChI is InChI=1S/C30H32N6O2/c1-2-38-30(37)25-17-24(22-11-12-26(33-19-22)36-15-13-20(18-31)14-16-36)27(28(32)21-7-6-8-21)29(35-25)34-23-9-4-3-5-10-23/h3-5,9-12,17,19-21,32H,2,6-8,13-16H2,1H3,(H,34,35)/p+1. The van der Waals surface area contributed by atoms with E-state index in [-0.39, 0.29) is 24.1 Å². The second-order valence-electron chi connectivity index (χ2n) is 9.93. The number of carbonyl (C=O) groups is 1. The fraction of sp³-hybridized carbons (Fsp3) is 0.367. The monoisotopic (exact) mass is 509 g/mol. The van der Waals surface area contributed by atoms with Gasteiger partial charge in [0.25, 0.3) is 0 Å². The molecule has 1 aliphatic carbocycles. The van der Waals surface area contributed by atoms with Crippen LogP contribution in [0.25, 0.3) is 11.1 Å². The van der Waals surface area contributed by atoms with Crippen LogP contribution in [0.15, 0.2) is 54.7 Å². The van der Waals surface area contributed by atoms with Gasteiger partial charge >= 0.3 is 5.97 Å². The van der Waals surface area contributed by atoms with Gasteiger partial charge in [0.15, 0.2) is 5.69 Å². The fourth-order valence-corrected chi connectivity index (χ4v) is 5.07. The number of benzene rings is 1. The van der Waals surface area contributed by atoms with Crippen molar-refractivity contribution in [2.75, 3.05) is 24.6 Å². The summed E-state index contributed by atoms with van der Waals surface area (Å²) in [7, 11) is 0. The first-order valence-electron chi connectivity index (χ1n) is 13.4. The normalized spacial score (nSPS) is 15.9. The van der Waals surface area contributed by atoms with Crippen molar-refractivity contribution >= 4 is 29.0 Å². The van der Waals surface area contributed by atoms with E-state index in [1.54, 1.807) is 13.0 Å². The van der Waals surface area contributed by atoms with Crippen molar-refractivity contribution < 1.29 is 14.8 Å². The molecule has 1 aromatic carbocycles. The Balaban J connectivity index is 1.57. The Kier molecular flexibility index (Phi) is 7.75. The highest BCUT2D eigenvalue weighted by Crippen LogP contribution is 2.36. The summed E-state index contributed by atoms with van der Waals surface area (Å²) in [6.07, 6.45) is 6.59. The molecule has 2 fully saturated rings. The molecule has 38 heavy (non-hydrogen) atoms. The van der Waals surface area contributed by atoms with E-state index >= 15 is 0 Å². The molecule has 0 radical (unpaired) electrons. The number of hydrogen-bond donors (Lipinski definition) is 2. The lowest BCUT2D eigenvalue weighted by Gasteiger charge is -2.30. The van der Waals surface area contributed by atoms with Crippen molar-refractivity contribution in [1.29, 1.82) is 10.7 Å². The SMILES string of the molecule is CCOC(=O)c1cc(-c2ccc(N3CCC(C#N)CC3)nc2)c(C(=N)C2CCC2)c([NH2+]c2ccccc2)n1. The maximum absolute atomic E-state index is 12.8. The second kappa shape index (κ2) is 11.5. The van der Waals surface area contributed by atoms with Crippen molar-refractivity contribution in [3.05, 3.63) is 66.0 Å². The van der Waals surface area contributed by atoms with Crippen LogP contribution < -0.4 is 10.2 Å². The Morgan fingerprint density at radius 1 is 1.16 bits per heavy atom. The van der Waals surface area contributed by atoms with Crippen LogP contribution in [-0.2, 0) is 4.74 Å². The predicted octanol–water partition coefficient (Wildman–Crippen LogP) is 4.75. The van der Waals surface area contributed by atoms with Gasteiger partial charge in [0.1, 0.15) is 11.5 Å². The van der Waals surface area contributed by atoms with Gasteiger partial charge in [0.2, 0.25) is 5.82 Å². The van der Waals surface area contributed by atoms with Gasteiger partial charge in [-0.2, -0.15) is 10.2 Å². The number of esters is 1. The third-order valence-corrected chi connectivity index (χ3v) is 7.48. The number of nitrogens with one attached hydrogen (secondary N) is 1. The van der Waals surface area contributed by atoms with Crippen LogP contribution in [-0.4, -0.2) is 41.3 Å². The van der Waals surface area contributed by atoms with Crippen molar-refractivity contribution in [2.24, 2.45) is 11.8 Å². The minimum Gasteiger partial charge on any atom is -0.461 e. The van der Waals surface area contributed by atoms with Crippen molar-refractivity contribution in [3.8, 4) is 17.2 Å². The first-order valence-corrected chi connectivity index (χ1v) is 13.4. The Hall–Kier alpha value is -4.09. The molecule has 0 bridgehead atoms. The van der Waals surface area contributed by atoms with E-state index in [0.717, 1.165) is 73.4 Å². The van der Waals surface area contributed by atoms with E-state index < -0.39 is 5.97 Å². The van der Waals surface area contributed by atoms with Gasteiger partial charge in [0.05, 0.1) is 24.0 Å². The molecule has 3 aromatic rings. The van der Waals surface area contributed by atoms with Crippen LogP contribution in [0.2, 0.25) is 0 Å². The number of aromatic nitrogens is 2. The molecular weight excluding hydrogens is 476 g/mol. The summed E-state index contributed by atoms with van der Waals surface area (Å²) in [5, 5.41) is 20.3. The number of anilines is 1. The predicted molar refractivity (Wildman–Crippen MR) is 146 cm³/mol. The maximum Gasteiger partial charge on any atom is 0.357 e. The van der Waals surface area contributed by atoms with Gasteiger partial charge in [-0.05, 0) is 62.9 Å². The number of hydrogen-bond acceptors (Lipinski definition) is 7. The first kappa shape index (κ1) is 25.6. The van der Waals surface area contributed by atoms with E-state index in [0.29, 0.717) is 11.5 Å². The molecule has 2 aromatic heterocycles. The lowest BCUT2D eigenvalue weighted by Crippen LogP contribution is -2.72. The lowest BCUT2D eigenvalue weighted by atomic mass is 9.78. The summed E-state index contributed by atoms with van der Waals surface area (Å²) < 4.78 is 5.31. The van der Waals surface area contributed by atoms with E-state index in [2.05, 4.69) is 11.0 Å². The summed E-state index contributed by atoms with van der Waals surface area (Å²) in [5.74, 6) is 1.28. The molecule has 0 amide bonds. The van der Waals surface area contributed by atoms with E-state index in [1.807, 2.05) is 54.0 Å². The van der Waals surface area contributed by atoms with Gasteiger partial charge in [-0.3, -0.25) is 5.32 Å². The summed E-state index contributed by atoms with van der Waals surface area (Å²) in [6, 6.07) is 18.0. The zero-order chi connectivity index (χ0) is 26.5. The molecule has 1 saturated carbocycles. The van der Waals surface area contributed by atoms with Gasteiger partial charge < -0.3 is 15.0 Å². The van der Waals surface area contributed by atoms with Gasteiger partial charge in [-0.15, -0.1) is 0 Å². The molecule has 2 aliphatic rings. The first-order chi connectivity index (χ1) is 18.6. The highest BCUT2D eigenvalue weighted by atomic mass is 16.5. The van der Waals surface area contributed by atoms with E-state index in [9.17, 15) is 10.1 Å². The Labute approximate surface area is 223 Å². The summed E-state index contributed by atoms with van der Waals surface area (Å²) in [4.78, 5) is 24.5. The third-order valence-electron chi connectivity index (χ3n) is 7.48. The molecule has 0 atom stereocenters. The van der Waals surface area contributed by atoms with Crippen LogP contribution in [0.4, 0.5) is 17.3 Å². The number of carbonyl (C=O) groups excluding carboxylic acids is 1. The van der Waals surface area contributed by atoms with Gasteiger partial charge in [-0.1, -0.05) is 24.6 Å². The maximum atomic E-state index is 12.8. The van der Waals surface area contributed by atoms with Crippen molar-refractivity contribution in [1.82, 2.24) is 9.97 Å². The summed E-state index contributed by atoms with van der Waals surface area (Å²) in [5.41, 5.74) is 4.07. The molecule has 3 N–H and O–H groups in total. The van der Waals surface area contributed by atoms with Crippen molar-refractivity contribution in [2.45, 2.75) is 39.0 Å². The zero-order valence-corrected chi connectivity index (χ0v) is 21.7. The number of piperidine rings is 1. The molecule has 194 valence electrons. The highest BCUT2D eigenvalue weighted by Gasteiger charge is 2.31. The molecule has 8 heteroatoms. The molecule has 1 saturated heterocycles. The number of ether oxygens (including phenoxy) is 1. The van der Waals surface area contributed by atoms with Gasteiger partial charge in [-0.25, -0.2) is 9.78 Å². The average Bonchev–Trinajstić information content (AvgIpc) is 2.92. The van der Waals surface area contributed by atoms with Crippen LogP contribution in [0, 0.1) is 28.6 Å². The number of para-hydroxylation sites is 1. The number of nitriles is 1. The Morgan fingerprint density at radius 3 is 2.53 bits per heavy atom. The van der Waals surface area contributed by atoms with Crippen LogP contribution in [0.1, 0.15) is 55.1 Å². The fourth-order valence-electron chi connectivity index (χ4n) is 5.07. The smallest absolute Gasteiger partial charge is 0.357 e. The second-order valence-corrected chi connectivity index (χ2v) is 9.93. The molecule has 5 rings (SSSR count). The Bertz CT molecular complexity index is 1340. The molecule has 3 heterocycles. The van der Waals surface area contributed by atoms with E-state index in [1.165, 1.54) is 0 Å². The average molecular weight is 510 g/mol. The Morgan fingerprint density at radius 2 is 1.92 bits per heavy atom. The van der Waals surface area contributed by atoms with Crippen LogP contribution in [0.3, 0.4) is 0 Å². The number of quaternary nitrogens is 1. The molecule has 1 aliphatic heterocycles. The molecule has 8 nitrogen and oxygen atoms in total. The summed E-state index contributed by atoms with van der Waals surface area (Å²) >= 11 is 0. The summed E-state index contributed by atoms with van der Waals surface area (Å²) in [6.45, 7) is 3.64. The highest BCUT2D eigenvalue weighted by molar-refractivity contribution is 6.09. The quantitative estimate of drug-likeness (QED) is 0.257. The number of rotatable bonds is 8. The third kappa shape index (κ3) is 5.43. The minimum atomic E-state index is -0.483. The molecule has 0 unspecified atom stereocenters. The van der Waals surface area contributed by atoms with Crippen LogP contribution in [0.5, 0.6) is 0 Å². The van der Waals surface area contributed by atoms with Gasteiger partial charge in [0, 0.05) is 42.2 Å². The van der Waals surface area contributed by atoms with Crippen LogP contribution >= 0.6 is 0 Å².